The van der Waals surface area contributed by atoms with Crippen LogP contribution in [0.25, 0.3) is 0 Å². The smallest absolute Gasteiger partial charge is 0.253 e. The number of rotatable bonds is 6. The topological polar surface area (TPSA) is 85.2 Å². The van der Waals surface area contributed by atoms with Crippen molar-refractivity contribution in [1.29, 1.82) is 0 Å². The van der Waals surface area contributed by atoms with Gasteiger partial charge in [0, 0.05) is 33.7 Å². The van der Waals surface area contributed by atoms with Gasteiger partial charge in [-0.1, -0.05) is 29.8 Å². The van der Waals surface area contributed by atoms with Crippen LogP contribution < -0.4 is 10.9 Å². The molecule has 0 unspecified atom stereocenters. The van der Waals surface area contributed by atoms with Crippen LogP contribution in [0.3, 0.4) is 0 Å². The molecule has 0 bridgehead atoms. The van der Waals surface area contributed by atoms with Gasteiger partial charge in [-0.15, -0.1) is 0 Å². The highest BCUT2D eigenvalue weighted by Gasteiger charge is 2.10. The Labute approximate surface area is 192 Å². The molecule has 1 N–H and O–H groups in total. The van der Waals surface area contributed by atoms with Crippen molar-refractivity contribution in [3.8, 4) is 0 Å². The van der Waals surface area contributed by atoms with E-state index in [0.29, 0.717) is 10.6 Å². The zero-order valence-electron chi connectivity index (χ0n) is 15.9. The minimum absolute atomic E-state index is 0.209. The second kappa shape index (κ2) is 9.32. The number of aromatic nitrogens is 1. The summed E-state index contributed by atoms with van der Waals surface area (Å²) < 4.78 is 25.5. The maximum Gasteiger partial charge on any atom is 0.253 e. The zero-order valence-corrected chi connectivity index (χ0v) is 19.7. The summed E-state index contributed by atoms with van der Waals surface area (Å²) in [5, 5.41) is 3.38. The van der Waals surface area contributed by atoms with Crippen LogP contribution in [0.4, 0.5) is 0 Å². The number of pyridine rings is 1. The minimum atomic E-state index is -3.28. The predicted octanol–water partition coefficient (Wildman–Crippen LogP) is 3.49. The van der Waals surface area contributed by atoms with E-state index in [4.69, 9.17) is 11.6 Å². The number of benzene rings is 2. The molecule has 1 amide bonds. The quantitative estimate of drug-likeness (QED) is 0.471. The summed E-state index contributed by atoms with van der Waals surface area (Å²) in [6.07, 6.45) is 2.62. The lowest BCUT2D eigenvalue weighted by atomic mass is 10.2. The summed E-state index contributed by atoms with van der Waals surface area (Å²) in [5.41, 5.74) is 1.61. The van der Waals surface area contributed by atoms with E-state index in [1.165, 1.54) is 35.0 Å². The third kappa shape index (κ3) is 5.71. The molecule has 0 fully saturated rings. The largest absolute Gasteiger partial charge is 0.348 e. The van der Waals surface area contributed by atoms with Gasteiger partial charge >= 0.3 is 0 Å². The van der Waals surface area contributed by atoms with Gasteiger partial charge < -0.3 is 9.88 Å². The number of amides is 1. The van der Waals surface area contributed by atoms with Crippen LogP contribution in [0, 0.1) is 3.57 Å². The Morgan fingerprint density at radius 3 is 2.43 bits per heavy atom. The lowest BCUT2D eigenvalue weighted by Crippen LogP contribution is -2.26. The molecule has 1 aromatic heterocycles. The fourth-order valence-corrected chi connectivity index (χ4v) is 4.32. The maximum absolute atomic E-state index is 12.5. The monoisotopic (exact) mass is 556 g/mol. The number of sulfone groups is 1. The van der Waals surface area contributed by atoms with Gasteiger partial charge in [0.25, 0.3) is 11.5 Å². The number of halogens is 2. The molecule has 2 aromatic carbocycles. The molecular weight excluding hydrogens is 539 g/mol. The average molecular weight is 557 g/mol. The first kappa shape index (κ1) is 22.5. The number of carbonyl (C=O) groups excluding carboxylic acids is 1. The van der Waals surface area contributed by atoms with Gasteiger partial charge in [-0.25, -0.2) is 8.42 Å². The van der Waals surface area contributed by atoms with Crippen LogP contribution in [0.5, 0.6) is 0 Å². The highest BCUT2D eigenvalue weighted by Crippen LogP contribution is 2.19. The van der Waals surface area contributed by atoms with Gasteiger partial charge in [0.15, 0.2) is 9.84 Å². The molecule has 1 heterocycles. The standard InChI is InChI=1S/C21H18ClIN2O4S/c1-30(28,29)18-7-2-14(3-8-18)12-25-13-16(5-9-20(25)26)21(27)24-11-15-4-6-17(23)10-19(15)22/h2-10,13H,11-12H2,1H3,(H,24,27). The van der Waals surface area contributed by atoms with Gasteiger partial charge in [0.2, 0.25) is 0 Å². The fraction of sp³-hybridized carbons (Fsp3) is 0.143. The molecule has 3 rings (SSSR count). The molecule has 0 saturated heterocycles. The maximum atomic E-state index is 12.5. The Balaban J connectivity index is 1.74. The molecule has 156 valence electrons. The predicted molar refractivity (Wildman–Crippen MR) is 125 cm³/mol. The van der Waals surface area contributed by atoms with Crippen molar-refractivity contribution in [3.05, 3.63) is 96.4 Å². The molecule has 0 aliphatic rings. The van der Waals surface area contributed by atoms with E-state index in [2.05, 4.69) is 27.9 Å². The first-order chi connectivity index (χ1) is 14.1. The summed E-state index contributed by atoms with van der Waals surface area (Å²) in [7, 11) is -3.28. The molecule has 0 saturated carbocycles. The normalized spacial score (nSPS) is 11.3. The van der Waals surface area contributed by atoms with E-state index in [9.17, 15) is 18.0 Å². The second-order valence-electron chi connectivity index (χ2n) is 6.72. The molecule has 0 atom stereocenters. The second-order valence-corrected chi connectivity index (χ2v) is 10.4. The SMILES string of the molecule is CS(=O)(=O)c1ccc(Cn2cc(C(=O)NCc3ccc(I)cc3Cl)ccc2=O)cc1. The van der Waals surface area contributed by atoms with Gasteiger partial charge in [0.1, 0.15) is 0 Å². The van der Waals surface area contributed by atoms with Crippen LogP contribution in [0.2, 0.25) is 5.02 Å². The molecule has 0 radical (unpaired) electrons. The average Bonchev–Trinajstić information content (AvgIpc) is 2.68. The first-order valence-corrected chi connectivity index (χ1v) is 12.2. The number of nitrogens with zero attached hydrogens (tertiary/aromatic N) is 1. The first-order valence-electron chi connectivity index (χ1n) is 8.85. The van der Waals surface area contributed by atoms with E-state index in [1.54, 1.807) is 12.1 Å². The van der Waals surface area contributed by atoms with Crippen molar-refractivity contribution in [2.45, 2.75) is 18.0 Å². The third-order valence-corrected chi connectivity index (χ3v) is 6.56. The summed E-state index contributed by atoms with van der Waals surface area (Å²) >= 11 is 8.36. The van der Waals surface area contributed by atoms with Gasteiger partial charge in [-0.3, -0.25) is 9.59 Å². The van der Waals surface area contributed by atoms with Crippen molar-refractivity contribution in [3.63, 3.8) is 0 Å². The van der Waals surface area contributed by atoms with E-state index in [0.717, 1.165) is 21.0 Å². The van der Waals surface area contributed by atoms with Crippen LogP contribution >= 0.6 is 34.2 Å². The van der Waals surface area contributed by atoms with E-state index >= 15 is 0 Å². The highest BCUT2D eigenvalue weighted by molar-refractivity contribution is 14.1. The van der Waals surface area contributed by atoms with Crippen LogP contribution in [-0.4, -0.2) is 25.1 Å². The van der Waals surface area contributed by atoms with Gasteiger partial charge in [-0.05, 0) is 64.0 Å². The van der Waals surface area contributed by atoms with Crippen molar-refractivity contribution in [1.82, 2.24) is 9.88 Å². The summed E-state index contributed by atoms with van der Waals surface area (Å²) in [6.45, 7) is 0.480. The molecule has 9 heteroatoms. The molecule has 0 aliphatic carbocycles. The Hall–Kier alpha value is -2.17. The van der Waals surface area contributed by atoms with Crippen LogP contribution in [0.1, 0.15) is 21.5 Å². The zero-order chi connectivity index (χ0) is 21.9. The lowest BCUT2D eigenvalue weighted by Gasteiger charge is -2.10. The fourth-order valence-electron chi connectivity index (χ4n) is 2.77. The van der Waals surface area contributed by atoms with E-state index in [-0.39, 0.29) is 29.5 Å². The third-order valence-electron chi connectivity index (χ3n) is 4.40. The van der Waals surface area contributed by atoms with E-state index in [1.807, 2.05) is 18.2 Å². The van der Waals surface area contributed by atoms with E-state index < -0.39 is 9.84 Å². The van der Waals surface area contributed by atoms with Gasteiger partial charge in [-0.2, -0.15) is 0 Å². The van der Waals surface area contributed by atoms with Crippen molar-refractivity contribution < 1.29 is 13.2 Å². The van der Waals surface area contributed by atoms with Crippen molar-refractivity contribution in [2.24, 2.45) is 0 Å². The summed E-state index contributed by atoms with van der Waals surface area (Å²) in [5.74, 6) is -0.328. The highest BCUT2D eigenvalue weighted by atomic mass is 127. The molecule has 3 aromatic rings. The number of carbonyl (C=O) groups is 1. The number of hydrogen-bond acceptors (Lipinski definition) is 4. The Bertz CT molecular complexity index is 1250. The molecule has 6 nitrogen and oxygen atoms in total. The van der Waals surface area contributed by atoms with Gasteiger partial charge in [0.05, 0.1) is 17.0 Å². The number of hydrogen-bond donors (Lipinski definition) is 1. The Morgan fingerprint density at radius 2 is 1.80 bits per heavy atom. The van der Waals surface area contributed by atoms with Crippen LogP contribution in [-0.2, 0) is 22.9 Å². The summed E-state index contributed by atoms with van der Waals surface area (Å²) in [6, 6.07) is 14.7. The number of nitrogens with one attached hydrogen (secondary N) is 1. The Morgan fingerprint density at radius 1 is 1.10 bits per heavy atom. The molecule has 30 heavy (non-hydrogen) atoms. The van der Waals surface area contributed by atoms with Crippen molar-refractivity contribution in [2.75, 3.05) is 6.26 Å². The molecule has 0 aliphatic heterocycles. The molecular formula is C21H18ClIN2O4S. The van der Waals surface area contributed by atoms with Crippen LogP contribution in [0.15, 0.2) is 70.5 Å². The Kier molecular flexibility index (Phi) is 6.99. The summed E-state index contributed by atoms with van der Waals surface area (Å²) in [4.78, 5) is 24.9. The molecule has 0 spiro atoms. The minimum Gasteiger partial charge on any atom is -0.348 e. The van der Waals surface area contributed by atoms with Crippen molar-refractivity contribution >= 4 is 49.9 Å². The lowest BCUT2D eigenvalue weighted by molar-refractivity contribution is 0.0950.